The SMILES string of the molecule is [2H]C([2H])([2H])c1ccc(-c2ccnc(-c3[c-]c(-c4cccc5c4nc(-c4cc(C(C)(C)C)cc(C(C)(C)C)c4O)n5-c4ccc(C([2H])([2H])[2H])cc4-c4ccc(C(C)(C)C)cc4)cc(-c4ccccc4)c3)c2)cc1.[Pt]. The van der Waals surface area contributed by atoms with Crippen molar-refractivity contribution >= 4 is 11.0 Å². The van der Waals surface area contributed by atoms with Gasteiger partial charge in [-0.3, -0.25) is 9.55 Å². The smallest absolute Gasteiger partial charge is 0.148 e. The van der Waals surface area contributed by atoms with Crippen molar-refractivity contribution < 1.29 is 34.4 Å². The number of hydrogen-bond donors (Lipinski definition) is 1. The maximum atomic E-state index is 12.6. The molecule has 0 bridgehead atoms. The summed E-state index contributed by atoms with van der Waals surface area (Å²) >= 11 is 0. The van der Waals surface area contributed by atoms with Crippen molar-refractivity contribution in [2.24, 2.45) is 0 Å². The van der Waals surface area contributed by atoms with Crippen LogP contribution in [0.25, 0.3) is 83.9 Å². The van der Waals surface area contributed by atoms with Gasteiger partial charge in [0.25, 0.3) is 0 Å². The number of aryl methyl sites for hydroxylation is 2. The molecule has 0 saturated heterocycles. The van der Waals surface area contributed by atoms with Crippen molar-refractivity contribution in [3.05, 3.63) is 192 Å². The van der Waals surface area contributed by atoms with Crippen molar-refractivity contribution in [3.8, 4) is 78.6 Å². The van der Waals surface area contributed by atoms with Crippen molar-refractivity contribution in [3.63, 3.8) is 0 Å². The molecular formula is C62H60N3OPt-. The molecule has 4 nitrogen and oxygen atoms in total. The minimum atomic E-state index is -2.37. The van der Waals surface area contributed by atoms with Gasteiger partial charge in [-0.15, -0.1) is 23.8 Å². The van der Waals surface area contributed by atoms with Crippen LogP contribution in [-0.4, -0.2) is 19.6 Å². The third-order valence-corrected chi connectivity index (χ3v) is 12.5. The maximum absolute atomic E-state index is 12.6. The predicted octanol–water partition coefficient (Wildman–Crippen LogP) is 16.4. The van der Waals surface area contributed by atoms with Gasteiger partial charge in [0.15, 0.2) is 0 Å². The van der Waals surface area contributed by atoms with Gasteiger partial charge in [0.2, 0.25) is 0 Å². The van der Waals surface area contributed by atoms with E-state index in [0.717, 1.165) is 66.7 Å². The summed E-state index contributed by atoms with van der Waals surface area (Å²) in [6, 6.07) is 52.8. The Labute approximate surface area is 420 Å². The molecule has 0 unspecified atom stereocenters. The van der Waals surface area contributed by atoms with Gasteiger partial charge in [0.05, 0.1) is 22.3 Å². The van der Waals surface area contributed by atoms with Crippen LogP contribution in [0.1, 0.15) is 98.4 Å². The average Bonchev–Trinajstić information content (AvgIpc) is 3.72. The van der Waals surface area contributed by atoms with Crippen molar-refractivity contribution in [2.45, 2.75) is 92.3 Å². The Bertz CT molecular complexity index is 3480. The molecule has 0 aliphatic carbocycles. The molecule has 67 heavy (non-hydrogen) atoms. The van der Waals surface area contributed by atoms with E-state index in [9.17, 15) is 5.11 Å². The van der Waals surface area contributed by atoms with Crippen LogP contribution < -0.4 is 0 Å². The molecule has 0 amide bonds. The number of aromatic nitrogens is 3. The molecule has 340 valence electrons. The Kier molecular flexibility index (Phi) is 10.7. The summed E-state index contributed by atoms with van der Waals surface area (Å²) in [7, 11) is 0. The fourth-order valence-electron chi connectivity index (χ4n) is 8.73. The van der Waals surface area contributed by atoms with Gasteiger partial charge in [0.1, 0.15) is 11.6 Å². The molecule has 0 saturated carbocycles. The Balaban J connectivity index is 0.00000711. The zero-order chi connectivity index (χ0) is 51.7. The average molecular weight is 1060 g/mol. The van der Waals surface area contributed by atoms with E-state index in [-0.39, 0.29) is 48.8 Å². The second-order valence-corrected chi connectivity index (χ2v) is 20.5. The Morgan fingerprint density at radius 3 is 1.85 bits per heavy atom. The minimum Gasteiger partial charge on any atom is -0.507 e. The predicted molar refractivity (Wildman–Crippen MR) is 278 cm³/mol. The first-order valence-corrected chi connectivity index (χ1v) is 22.6. The van der Waals surface area contributed by atoms with Gasteiger partial charge < -0.3 is 5.11 Å². The first kappa shape index (κ1) is 39.8. The van der Waals surface area contributed by atoms with Crippen LogP contribution in [0.5, 0.6) is 5.75 Å². The molecule has 5 heteroatoms. The fraction of sp³-hybridized carbons (Fsp3) is 0.226. The molecule has 9 aromatic rings. The van der Waals surface area contributed by atoms with Crippen LogP contribution in [0.3, 0.4) is 0 Å². The quantitative estimate of drug-likeness (QED) is 0.162. The number of phenols is 1. The number of benzene rings is 7. The third-order valence-electron chi connectivity index (χ3n) is 12.5. The molecule has 0 atom stereocenters. The number of rotatable bonds is 7. The molecule has 2 aromatic heterocycles. The molecule has 9 rings (SSSR count). The largest absolute Gasteiger partial charge is 0.507 e. The second kappa shape index (κ2) is 18.0. The summed E-state index contributed by atoms with van der Waals surface area (Å²) in [5.41, 5.74) is 13.5. The molecule has 2 heterocycles. The van der Waals surface area contributed by atoms with Crippen LogP contribution in [0.4, 0.5) is 0 Å². The van der Waals surface area contributed by atoms with Crippen LogP contribution in [0.15, 0.2) is 158 Å². The van der Waals surface area contributed by atoms with Gasteiger partial charge in [-0.1, -0.05) is 199 Å². The molecule has 0 aliphatic heterocycles. The monoisotopic (exact) mass is 1060 g/mol. The van der Waals surface area contributed by atoms with E-state index in [4.69, 9.17) is 18.2 Å². The van der Waals surface area contributed by atoms with E-state index >= 15 is 0 Å². The van der Waals surface area contributed by atoms with Crippen LogP contribution in [0.2, 0.25) is 0 Å². The Morgan fingerprint density at radius 2 is 1.18 bits per heavy atom. The van der Waals surface area contributed by atoms with E-state index in [1.807, 2.05) is 72.8 Å². The Morgan fingerprint density at radius 1 is 0.522 bits per heavy atom. The molecule has 0 fully saturated rings. The maximum Gasteiger partial charge on any atom is 0.148 e. The Hall–Kier alpha value is -6.35. The van der Waals surface area contributed by atoms with Crippen molar-refractivity contribution in [1.29, 1.82) is 0 Å². The zero-order valence-corrected chi connectivity index (χ0v) is 41.9. The van der Waals surface area contributed by atoms with Gasteiger partial charge >= 0.3 is 0 Å². The molecule has 1 N–H and O–H groups in total. The number of hydrogen-bond acceptors (Lipinski definition) is 3. The number of aromatic hydroxyl groups is 1. The molecular weight excluding hydrogens is 998 g/mol. The topological polar surface area (TPSA) is 50.9 Å². The summed E-state index contributed by atoms with van der Waals surface area (Å²) in [5.74, 6) is 0.627. The number of para-hydroxylation sites is 1. The number of phenolic OH excluding ortho intramolecular Hbond substituents is 1. The number of fused-ring (bicyclic) bond motifs is 1. The summed E-state index contributed by atoms with van der Waals surface area (Å²) in [6.45, 7) is 14.7. The van der Waals surface area contributed by atoms with Crippen LogP contribution >= 0.6 is 0 Å². The van der Waals surface area contributed by atoms with E-state index < -0.39 is 19.1 Å². The van der Waals surface area contributed by atoms with Crippen LogP contribution in [0, 0.1) is 19.8 Å². The standard InChI is InChI=1S/C62H60N3O.Pt/c1-39-20-23-42(24-21-39)44-30-31-63-54(36-44)47-34-45(41-16-13-12-14-17-41)33-46(35-47)50-18-15-19-56-57(50)64-59(52-37-49(61(6,7)8)38-53(58(52)66)62(9,10)11)65(56)55-29-22-40(2)32-51(55)43-25-27-48(28-26-43)60(3,4)5;/h12-34,36-38,66H,1-11H3;/q-1;/i1D3,2D3;. The van der Waals surface area contributed by atoms with Gasteiger partial charge in [-0.05, 0) is 93.7 Å². The third kappa shape index (κ3) is 9.47. The van der Waals surface area contributed by atoms with Gasteiger partial charge in [-0.2, -0.15) is 0 Å². The minimum absolute atomic E-state index is 0. The van der Waals surface area contributed by atoms with E-state index in [2.05, 4.69) is 128 Å². The van der Waals surface area contributed by atoms with Gasteiger partial charge in [-0.25, -0.2) is 4.98 Å². The second-order valence-electron chi connectivity index (χ2n) is 20.5. The molecule has 0 spiro atoms. The first-order valence-electron chi connectivity index (χ1n) is 25.6. The summed E-state index contributed by atoms with van der Waals surface area (Å²) < 4.78 is 51.3. The van der Waals surface area contributed by atoms with Gasteiger partial charge in [0, 0.05) is 52.3 Å². The molecule has 0 radical (unpaired) electrons. The molecule has 7 aromatic carbocycles. The summed E-state index contributed by atoms with van der Waals surface area (Å²) in [5, 5.41) is 12.6. The van der Waals surface area contributed by atoms with Crippen LogP contribution in [-0.2, 0) is 37.3 Å². The van der Waals surface area contributed by atoms with E-state index in [0.29, 0.717) is 33.8 Å². The number of imidazole rings is 1. The normalized spacial score (nSPS) is 13.7. The van der Waals surface area contributed by atoms with E-state index in [1.165, 1.54) is 0 Å². The summed E-state index contributed by atoms with van der Waals surface area (Å²) in [4.78, 5) is 10.5. The number of pyridine rings is 1. The van der Waals surface area contributed by atoms with E-state index in [1.54, 1.807) is 30.5 Å². The summed E-state index contributed by atoms with van der Waals surface area (Å²) in [6.07, 6.45) is 1.76. The number of nitrogens with zero attached hydrogens (tertiary/aromatic N) is 3. The van der Waals surface area contributed by atoms with Crippen molar-refractivity contribution in [1.82, 2.24) is 14.5 Å². The zero-order valence-electron chi connectivity index (χ0n) is 45.6. The first-order chi connectivity index (χ1) is 33.8. The van der Waals surface area contributed by atoms with Crippen molar-refractivity contribution in [2.75, 3.05) is 0 Å². The fourth-order valence-corrected chi connectivity index (χ4v) is 8.73. The molecule has 0 aliphatic rings.